The highest BCUT2D eigenvalue weighted by Gasteiger charge is 2.57. The van der Waals surface area contributed by atoms with E-state index in [9.17, 15) is 4.79 Å². The Labute approximate surface area is 102 Å². The molecule has 0 bridgehead atoms. The van der Waals surface area contributed by atoms with Gasteiger partial charge >= 0.3 is 0 Å². The number of carbonyl (C=O) groups is 1. The normalized spacial score (nSPS) is 25.5. The van der Waals surface area contributed by atoms with Crippen molar-refractivity contribution in [2.24, 2.45) is 11.3 Å². The Morgan fingerprint density at radius 1 is 1.24 bits per heavy atom. The molecule has 1 amide bonds. The molecule has 2 aliphatic rings. The molecule has 90 valence electrons. The quantitative estimate of drug-likeness (QED) is 0.816. The molecule has 1 aromatic rings. The van der Waals surface area contributed by atoms with Crippen molar-refractivity contribution >= 4 is 11.6 Å². The lowest BCUT2D eigenvalue weighted by molar-refractivity contribution is -0.118. The molecule has 3 nitrogen and oxygen atoms in total. The first kappa shape index (κ1) is 10.8. The summed E-state index contributed by atoms with van der Waals surface area (Å²) in [4.78, 5) is 12.1. The number of piperidine rings is 1. The van der Waals surface area contributed by atoms with Crippen LogP contribution in [-0.2, 0) is 4.79 Å². The highest BCUT2D eigenvalue weighted by atomic mass is 16.2. The van der Waals surface area contributed by atoms with Crippen LogP contribution in [0.5, 0.6) is 0 Å². The van der Waals surface area contributed by atoms with Gasteiger partial charge in [-0.15, -0.1) is 0 Å². The third kappa shape index (κ3) is 2.07. The highest BCUT2D eigenvalue weighted by Crippen LogP contribution is 2.58. The second kappa shape index (κ2) is 4.15. The summed E-state index contributed by atoms with van der Waals surface area (Å²) in [5, 5.41) is 6.37. The monoisotopic (exact) mass is 230 g/mol. The summed E-state index contributed by atoms with van der Waals surface area (Å²) < 4.78 is 0. The molecule has 2 fully saturated rings. The van der Waals surface area contributed by atoms with Crippen molar-refractivity contribution in [2.45, 2.75) is 19.3 Å². The Morgan fingerprint density at radius 3 is 2.65 bits per heavy atom. The molecule has 1 heterocycles. The van der Waals surface area contributed by atoms with E-state index in [0.29, 0.717) is 5.41 Å². The Hall–Kier alpha value is -1.35. The molecule has 17 heavy (non-hydrogen) atoms. The summed E-state index contributed by atoms with van der Waals surface area (Å²) in [6.45, 7) is 2.13. The molecule has 1 spiro atoms. The van der Waals surface area contributed by atoms with Crippen LogP contribution in [0.25, 0.3) is 0 Å². The second-order valence-electron chi connectivity index (χ2n) is 5.22. The van der Waals surface area contributed by atoms with Gasteiger partial charge in [0, 0.05) is 11.6 Å². The fourth-order valence-corrected chi connectivity index (χ4v) is 2.95. The summed E-state index contributed by atoms with van der Waals surface area (Å²) in [7, 11) is 0. The van der Waals surface area contributed by atoms with Gasteiger partial charge in [0.05, 0.1) is 0 Å². The maximum absolute atomic E-state index is 12.1. The fourth-order valence-electron chi connectivity index (χ4n) is 2.95. The lowest BCUT2D eigenvalue weighted by atomic mass is 9.92. The van der Waals surface area contributed by atoms with E-state index in [1.807, 2.05) is 30.3 Å². The number of benzene rings is 1. The maximum atomic E-state index is 12.1. The average molecular weight is 230 g/mol. The van der Waals surface area contributed by atoms with Gasteiger partial charge in [0.1, 0.15) is 0 Å². The molecule has 0 radical (unpaired) electrons. The van der Waals surface area contributed by atoms with E-state index < -0.39 is 0 Å². The topological polar surface area (TPSA) is 41.1 Å². The zero-order valence-corrected chi connectivity index (χ0v) is 9.91. The molecule has 1 saturated carbocycles. The van der Waals surface area contributed by atoms with E-state index in [4.69, 9.17) is 0 Å². The number of carbonyl (C=O) groups excluding carboxylic acids is 1. The van der Waals surface area contributed by atoms with Crippen LogP contribution < -0.4 is 10.6 Å². The first-order valence-electron chi connectivity index (χ1n) is 6.37. The molecule has 2 N–H and O–H groups in total. The van der Waals surface area contributed by atoms with Crippen LogP contribution >= 0.6 is 0 Å². The Kier molecular flexibility index (Phi) is 2.63. The molecular formula is C14H18N2O. The number of anilines is 1. The van der Waals surface area contributed by atoms with E-state index in [0.717, 1.165) is 38.0 Å². The molecule has 1 aliphatic carbocycles. The van der Waals surface area contributed by atoms with Gasteiger partial charge in [-0.05, 0) is 49.9 Å². The molecule has 1 saturated heterocycles. The largest absolute Gasteiger partial charge is 0.326 e. The molecular weight excluding hydrogens is 212 g/mol. The fraction of sp³-hybridized carbons (Fsp3) is 0.500. The zero-order chi connectivity index (χ0) is 11.7. The first-order chi connectivity index (χ1) is 8.30. The second-order valence-corrected chi connectivity index (χ2v) is 5.22. The van der Waals surface area contributed by atoms with E-state index in [1.54, 1.807) is 0 Å². The Balaban J connectivity index is 1.61. The number of rotatable bonds is 2. The smallest absolute Gasteiger partial charge is 0.228 e. The average Bonchev–Trinajstić information content (AvgIpc) is 3.05. The van der Waals surface area contributed by atoms with Crippen molar-refractivity contribution in [3.8, 4) is 0 Å². The van der Waals surface area contributed by atoms with Gasteiger partial charge in [-0.3, -0.25) is 4.79 Å². The maximum Gasteiger partial charge on any atom is 0.228 e. The van der Waals surface area contributed by atoms with Crippen molar-refractivity contribution in [2.75, 3.05) is 18.4 Å². The zero-order valence-electron chi connectivity index (χ0n) is 9.91. The van der Waals surface area contributed by atoms with Gasteiger partial charge in [0.25, 0.3) is 0 Å². The summed E-state index contributed by atoms with van der Waals surface area (Å²) in [6, 6.07) is 9.73. The molecule has 1 aliphatic heterocycles. The number of para-hydroxylation sites is 1. The SMILES string of the molecule is O=C(Nc1ccccc1)[C@H]1CC12CCNCC2. The lowest BCUT2D eigenvalue weighted by Crippen LogP contribution is -2.31. The minimum atomic E-state index is 0.207. The lowest BCUT2D eigenvalue weighted by Gasteiger charge is -2.23. The van der Waals surface area contributed by atoms with Crippen LogP contribution in [0.2, 0.25) is 0 Å². The van der Waals surface area contributed by atoms with Crippen LogP contribution in [-0.4, -0.2) is 19.0 Å². The van der Waals surface area contributed by atoms with E-state index >= 15 is 0 Å². The van der Waals surface area contributed by atoms with Crippen molar-refractivity contribution in [1.29, 1.82) is 0 Å². The number of hydrogen-bond donors (Lipinski definition) is 2. The van der Waals surface area contributed by atoms with Gasteiger partial charge in [0.2, 0.25) is 5.91 Å². The van der Waals surface area contributed by atoms with Gasteiger partial charge in [-0.2, -0.15) is 0 Å². The molecule has 1 atom stereocenters. The minimum absolute atomic E-state index is 0.207. The van der Waals surface area contributed by atoms with Crippen LogP contribution in [0.3, 0.4) is 0 Å². The summed E-state index contributed by atoms with van der Waals surface area (Å²) in [5.41, 5.74) is 1.23. The van der Waals surface area contributed by atoms with Crippen LogP contribution in [0.4, 0.5) is 5.69 Å². The molecule has 3 rings (SSSR count). The third-order valence-corrected chi connectivity index (χ3v) is 4.15. The van der Waals surface area contributed by atoms with Gasteiger partial charge < -0.3 is 10.6 Å². The van der Waals surface area contributed by atoms with E-state index in [-0.39, 0.29) is 11.8 Å². The summed E-state index contributed by atoms with van der Waals surface area (Å²) >= 11 is 0. The summed E-state index contributed by atoms with van der Waals surface area (Å²) in [5.74, 6) is 0.447. The van der Waals surface area contributed by atoms with Gasteiger partial charge in [-0.1, -0.05) is 18.2 Å². The standard InChI is InChI=1S/C14H18N2O/c17-13(16-11-4-2-1-3-5-11)12-10-14(12)6-8-15-9-7-14/h1-5,12,15H,6-10H2,(H,16,17)/t12-/m1/s1. The van der Waals surface area contributed by atoms with Crippen molar-refractivity contribution in [3.63, 3.8) is 0 Å². The first-order valence-corrected chi connectivity index (χ1v) is 6.37. The van der Waals surface area contributed by atoms with Crippen molar-refractivity contribution in [1.82, 2.24) is 5.32 Å². The van der Waals surface area contributed by atoms with Gasteiger partial charge in [-0.25, -0.2) is 0 Å². The molecule has 1 aromatic carbocycles. The van der Waals surface area contributed by atoms with Crippen LogP contribution in [0.15, 0.2) is 30.3 Å². The Bertz CT molecular complexity index is 409. The predicted molar refractivity (Wildman–Crippen MR) is 67.7 cm³/mol. The molecule has 0 unspecified atom stereocenters. The Morgan fingerprint density at radius 2 is 1.94 bits per heavy atom. The minimum Gasteiger partial charge on any atom is -0.326 e. The third-order valence-electron chi connectivity index (χ3n) is 4.15. The summed E-state index contributed by atoms with van der Waals surface area (Å²) in [6.07, 6.45) is 3.38. The number of nitrogens with one attached hydrogen (secondary N) is 2. The van der Waals surface area contributed by atoms with E-state index in [1.165, 1.54) is 0 Å². The molecule has 0 aromatic heterocycles. The number of amides is 1. The van der Waals surface area contributed by atoms with Crippen molar-refractivity contribution < 1.29 is 4.79 Å². The van der Waals surface area contributed by atoms with Crippen molar-refractivity contribution in [3.05, 3.63) is 30.3 Å². The van der Waals surface area contributed by atoms with Gasteiger partial charge in [0.15, 0.2) is 0 Å². The predicted octanol–water partition coefficient (Wildman–Crippen LogP) is 2.01. The number of hydrogen-bond acceptors (Lipinski definition) is 2. The molecule has 3 heteroatoms. The van der Waals surface area contributed by atoms with Crippen LogP contribution in [0.1, 0.15) is 19.3 Å². The van der Waals surface area contributed by atoms with Crippen LogP contribution in [0, 0.1) is 11.3 Å². The van der Waals surface area contributed by atoms with E-state index in [2.05, 4.69) is 10.6 Å². The highest BCUT2D eigenvalue weighted by molar-refractivity contribution is 5.95.